The molecule has 4 N–H and O–H groups in total. The third kappa shape index (κ3) is 5.51. The van der Waals surface area contributed by atoms with Gasteiger partial charge in [-0.2, -0.15) is 0 Å². The van der Waals surface area contributed by atoms with Crippen molar-refractivity contribution in [1.82, 2.24) is 10.2 Å². The van der Waals surface area contributed by atoms with E-state index in [-0.39, 0.29) is 31.2 Å². The molecule has 15 nitrogen and oxygen atoms in total. The molecule has 2 saturated heterocycles. The molecule has 1 amide bonds. The summed E-state index contributed by atoms with van der Waals surface area (Å²) in [6, 6.07) is 2.06. The summed E-state index contributed by atoms with van der Waals surface area (Å²) in [5, 5.41) is 34.0. The van der Waals surface area contributed by atoms with Crippen molar-refractivity contribution in [1.29, 1.82) is 0 Å². The van der Waals surface area contributed by atoms with Gasteiger partial charge >= 0.3 is 23.9 Å². The molecule has 15 heteroatoms. The minimum absolute atomic E-state index is 0.144. The van der Waals surface area contributed by atoms with Crippen LogP contribution in [0.1, 0.15) is 69.6 Å². The van der Waals surface area contributed by atoms with Crippen LogP contribution in [0.3, 0.4) is 0 Å². The summed E-state index contributed by atoms with van der Waals surface area (Å²) in [4.78, 5) is 64.7. The summed E-state index contributed by atoms with van der Waals surface area (Å²) >= 11 is 0. The minimum atomic E-state index is -1.49. The molecule has 2 bridgehead atoms. The molecule has 2 aliphatic carbocycles. The van der Waals surface area contributed by atoms with E-state index in [0.717, 1.165) is 11.1 Å². The molecule has 48 heavy (non-hydrogen) atoms. The SMILES string of the molecule is C[C@H](OC(=O)[C@H](CCC(=O)O)NC(=O)C[C@@H]1OC(C)(C)OC1=O)C(=O)OC1=CC[C@@]2(O)[C@H]3Cc4ccc(CO)c5c4[C@@]2(CCN3C)[C@H]1O5. The average Bonchev–Trinajstić information content (AvgIpc) is 3.50. The molecule has 1 spiro atoms. The summed E-state index contributed by atoms with van der Waals surface area (Å²) < 4.78 is 28.0. The number of carbonyl (C=O) groups is 5. The molecule has 0 unspecified atom stereocenters. The van der Waals surface area contributed by atoms with E-state index in [2.05, 4.69) is 10.2 Å². The number of cyclic esters (lactones) is 1. The Bertz CT molecular complexity index is 1590. The normalized spacial score (nSPS) is 30.6. The first-order valence-corrected chi connectivity index (χ1v) is 16.0. The van der Waals surface area contributed by atoms with Crippen molar-refractivity contribution in [3.63, 3.8) is 0 Å². The number of amides is 1. The molecule has 6 rings (SSSR count). The standard InChI is InChI=1S/C33H40N2O13/c1-16(44-29(41)19(7-8-24(38)39)34-23(37)14-21-30(42)48-31(2,3)47-21)28(40)45-20-9-10-33(43)22-13-17-5-6-18(15-36)26-25(17)32(33,27(20)46-26)11-12-35(22)4/h5-6,9,16,19,21-22,27,36,43H,7-8,10-15H2,1-4H3,(H,34,37)(H,38,39)/t16-,19-,21-,22+,27-,32-,33+/m0/s1. The number of carboxylic acids is 1. The van der Waals surface area contributed by atoms with Crippen molar-refractivity contribution in [2.24, 2.45) is 0 Å². The molecule has 1 aromatic rings. The van der Waals surface area contributed by atoms with Gasteiger partial charge in [0.25, 0.3) is 0 Å². The molecular formula is C33H40N2O13. The fraction of sp³-hybridized carbons (Fsp3) is 0.606. The zero-order valence-electron chi connectivity index (χ0n) is 27.1. The van der Waals surface area contributed by atoms with E-state index in [1.807, 2.05) is 13.1 Å². The molecule has 0 saturated carbocycles. The van der Waals surface area contributed by atoms with Crippen LogP contribution in [0.4, 0.5) is 0 Å². The second-order valence-electron chi connectivity index (χ2n) is 13.6. The maximum atomic E-state index is 13.4. The molecule has 7 atom stereocenters. The number of benzene rings is 1. The Morgan fingerprint density at radius 2 is 1.94 bits per heavy atom. The largest absolute Gasteiger partial charge is 0.481 e. The number of nitrogens with zero attached hydrogens (tertiary/aromatic N) is 1. The highest BCUT2D eigenvalue weighted by Crippen LogP contribution is 2.64. The number of piperidine rings is 1. The molecule has 3 heterocycles. The van der Waals surface area contributed by atoms with E-state index in [9.17, 15) is 39.3 Å². The molecule has 0 radical (unpaired) electrons. The van der Waals surface area contributed by atoms with E-state index >= 15 is 0 Å². The van der Waals surface area contributed by atoms with Crippen molar-refractivity contribution in [2.75, 3.05) is 13.6 Å². The monoisotopic (exact) mass is 672 g/mol. The van der Waals surface area contributed by atoms with Crippen LogP contribution in [-0.2, 0) is 61.4 Å². The lowest BCUT2D eigenvalue weighted by Crippen LogP contribution is -2.74. The fourth-order valence-corrected chi connectivity index (χ4v) is 7.92. The molecular weight excluding hydrogens is 632 g/mol. The van der Waals surface area contributed by atoms with Crippen LogP contribution >= 0.6 is 0 Å². The van der Waals surface area contributed by atoms with Crippen LogP contribution < -0.4 is 10.1 Å². The van der Waals surface area contributed by atoms with E-state index in [0.29, 0.717) is 30.7 Å². The number of aliphatic hydroxyl groups is 2. The number of hydrogen-bond acceptors (Lipinski definition) is 13. The van der Waals surface area contributed by atoms with Crippen LogP contribution in [0.25, 0.3) is 0 Å². The maximum absolute atomic E-state index is 13.4. The molecule has 0 aromatic heterocycles. The zero-order chi connectivity index (χ0) is 34.8. The lowest BCUT2D eigenvalue weighted by molar-refractivity contribution is -0.176. The topological polar surface area (TPSA) is 207 Å². The third-order valence-corrected chi connectivity index (χ3v) is 10.1. The summed E-state index contributed by atoms with van der Waals surface area (Å²) in [7, 11) is 1.97. The molecule has 1 aromatic carbocycles. The average molecular weight is 673 g/mol. The highest BCUT2D eigenvalue weighted by Gasteiger charge is 2.72. The molecule has 5 aliphatic rings. The van der Waals surface area contributed by atoms with Crippen LogP contribution in [0.5, 0.6) is 5.75 Å². The van der Waals surface area contributed by atoms with Gasteiger partial charge in [-0.15, -0.1) is 0 Å². The maximum Gasteiger partial charge on any atom is 0.352 e. The number of aliphatic hydroxyl groups excluding tert-OH is 1. The summed E-state index contributed by atoms with van der Waals surface area (Å²) in [6.07, 6.45) is -2.07. The van der Waals surface area contributed by atoms with Gasteiger partial charge in [0.2, 0.25) is 11.7 Å². The van der Waals surface area contributed by atoms with Crippen LogP contribution in [0.2, 0.25) is 0 Å². The number of hydrogen-bond donors (Lipinski definition) is 4. The lowest BCUT2D eigenvalue weighted by atomic mass is 9.50. The van der Waals surface area contributed by atoms with Gasteiger partial charge in [0.15, 0.2) is 18.3 Å². The first kappa shape index (κ1) is 33.8. The van der Waals surface area contributed by atoms with Crippen molar-refractivity contribution in [2.45, 2.75) is 113 Å². The Morgan fingerprint density at radius 1 is 1.19 bits per heavy atom. The fourth-order valence-electron chi connectivity index (χ4n) is 7.92. The van der Waals surface area contributed by atoms with Gasteiger partial charge in [-0.3, -0.25) is 9.59 Å². The van der Waals surface area contributed by atoms with Crippen LogP contribution in [0, 0.1) is 0 Å². The quantitative estimate of drug-likeness (QED) is 0.185. The number of nitrogens with one attached hydrogen (secondary N) is 1. The number of likely N-dealkylation sites (N-methyl/N-ethyl adjacent to an activating group) is 1. The van der Waals surface area contributed by atoms with Crippen molar-refractivity contribution < 1.29 is 63.0 Å². The highest BCUT2D eigenvalue weighted by molar-refractivity contribution is 5.89. The zero-order valence-corrected chi connectivity index (χ0v) is 27.1. The predicted molar refractivity (Wildman–Crippen MR) is 161 cm³/mol. The number of carbonyl (C=O) groups excluding carboxylic acids is 4. The Hall–Kier alpha value is -4.05. The van der Waals surface area contributed by atoms with Crippen molar-refractivity contribution >= 4 is 29.8 Å². The van der Waals surface area contributed by atoms with Gasteiger partial charge < -0.3 is 49.2 Å². The Labute approximate surface area is 276 Å². The van der Waals surface area contributed by atoms with E-state index in [1.165, 1.54) is 20.8 Å². The van der Waals surface area contributed by atoms with Crippen molar-refractivity contribution in [3.05, 3.63) is 40.7 Å². The smallest absolute Gasteiger partial charge is 0.352 e. The second-order valence-corrected chi connectivity index (χ2v) is 13.6. The van der Waals surface area contributed by atoms with Crippen molar-refractivity contribution in [3.8, 4) is 5.75 Å². The highest BCUT2D eigenvalue weighted by atomic mass is 16.8. The summed E-state index contributed by atoms with van der Waals surface area (Å²) in [5.41, 5.74) is 0.190. The predicted octanol–water partition coefficient (Wildman–Crippen LogP) is 0.349. The number of aliphatic carboxylic acids is 1. The first-order chi connectivity index (χ1) is 22.6. The van der Waals surface area contributed by atoms with E-state index < -0.39 is 83.8 Å². The van der Waals surface area contributed by atoms with E-state index in [4.69, 9.17) is 23.7 Å². The van der Waals surface area contributed by atoms with Gasteiger partial charge in [0, 0.05) is 43.9 Å². The number of ether oxygens (including phenoxy) is 5. The van der Waals surface area contributed by atoms with Gasteiger partial charge in [-0.1, -0.05) is 12.1 Å². The van der Waals surface area contributed by atoms with Gasteiger partial charge in [-0.25, -0.2) is 14.4 Å². The Balaban J connectivity index is 1.17. The van der Waals surface area contributed by atoms with Gasteiger partial charge in [0.1, 0.15) is 17.6 Å². The number of likely N-dealkylation sites (tertiary alicyclic amines) is 1. The lowest BCUT2D eigenvalue weighted by Gasteiger charge is -2.61. The molecule has 2 fully saturated rings. The minimum Gasteiger partial charge on any atom is -0.481 e. The van der Waals surface area contributed by atoms with Crippen LogP contribution in [0.15, 0.2) is 24.0 Å². The van der Waals surface area contributed by atoms with Crippen LogP contribution in [-0.4, -0.2) is 105 Å². The molecule has 260 valence electrons. The second kappa shape index (κ2) is 12.1. The first-order valence-electron chi connectivity index (χ1n) is 16.0. The van der Waals surface area contributed by atoms with E-state index in [1.54, 1.807) is 12.1 Å². The summed E-state index contributed by atoms with van der Waals surface area (Å²) in [6.45, 7) is 4.64. The number of rotatable bonds is 11. The molecule has 3 aliphatic heterocycles. The van der Waals surface area contributed by atoms with Gasteiger partial charge in [0.05, 0.1) is 24.0 Å². The summed E-state index contributed by atoms with van der Waals surface area (Å²) in [5.74, 6) is -5.42. The van der Waals surface area contributed by atoms with Gasteiger partial charge in [-0.05, 0) is 51.4 Å². The number of carboxylic acid groups (broad SMARTS) is 1. The third-order valence-electron chi connectivity index (χ3n) is 10.1. The Kier molecular flexibility index (Phi) is 8.55. The Morgan fingerprint density at radius 3 is 2.60 bits per heavy atom. The number of esters is 3.